The predicted molar refractivity (Wildman–Crippen MR) is 113 cm³/mol. The van der Waals surface area contributed by atoms with Crippen LogP contribution in [0.25, 0.3) is 0 Å². The minimum absolute atomic E-state index is 0.214. The summed E-state index contributed by atoms with van der Waals surface area (Å²) in [4.78, 5) is 34.5. The fraction of sp³-hybridized carbons (Fsp3) is 0.350. The lowest BCUT2D eigenvalue weighted by Gasteiger charge is -2.33. The molecule has 1 aromatic carbocycles. The van der Waals surface area contributed by atoms with E-state index in [2.05, 4.69) is 26.6 Å². The Morgan fingerprint density at radius 3 is 2.17 bits per heavy atom. The van der Waals surface area contributed by atoms with Gasteiger partial charge in [-0.15, -0.1) is 0 Å². The second-order valence-electron chi connectivity index (χ2n) is 7.42. The molecule has 0 radical (unpaired) electrons. The molecular formula is C20H23N5O4S. The number of rotatable bonds is 6. The van der Waals surface area contributed by atoms with Crippen LogP contribution >= 0.6 is 0 Å². The van der Waals surface area contributed by atoms with Crippen molar-refractivity contribution in [3.05, 3.63) is 53.7 Å². The summed E-state index contributed by atoms with van der Waals surface area (Å²) < 4.78 is 27.4. The molecule has 2 aliphatic rings. The Morgan fingerprint density at radius 1 is 0.967 bits per heavy atom. The maximum atomic E-state index is 12.5. The third kappa shape index (κ3) is 4.14. The fourth-order valence-electron chi connectivity index (χ4n) is 3.55. The van der Waals surface area contributed by atoms with Crippen LogP contribution < -0.4 is 9.62 Å². The largest absolute Gasteiger partial charge is 0.354 e. The van der Waals surface area contributed by atoms with Crippen molar-refractivity contribution in [2.75, 3.05) is 55.1 Å². The number of nitrogens with zero attached hydrogens (tertiary/aromatic N) is 4. The number of carbonyl (C=O) groups is 2. The molecule has 30 heavy (non-hydrogen) atoms. The first-order chi connectivity index (χ1) is 14.3. The molecule has 9 nitrogen and oxygen atoms in total. The topological polar surface area (TPSA) is 103 Å². The summed E-state index contributed by atoms with van der Waals surface area (Å²) in [6.07, 6.45) is 1.48. The van der Waals surface area contributed by atoms with Crippen molar-refractivity contribution in [3.63, 3.8) is 0 Å². The van der Waals surface area contributed by atoms with Crippen molar-refractivity contribution >= 4 is 33.3 Å². The maximum Gasteiger partial charge on any atom is 0.261 e. The van der Waals surface area contributed by atoms with Crippen molar-refractivity contribution < 1.29 is 18.0 Å². The van der Waals surface area contributed by atoms with E-state index in [1.165, 1.54) is 6.20 Å². The standard InChI is InChI=1S/C20H23N5O4S/c1-23-8-10-24(11-9-23)18-7-6-15(14-21-18)22-30(28,29)13-12-25-19(26)16-4-2-3-5-17(16)20(25)27/h2-7,14,22H,8-13H2,1H3. The number of likely N-dealkylation sites (N-methyl/N-ethyl adjacent to an activating group) is 1. The Bertz CT molecular complexity index is 1030. The van der Waals surface area contributed by atoms with E-state index < -0.39 is 27.6 Å². The summed E-state index contributed by atoms with van der Waals surface area (Å²) in [7, 11) is -1.68. The molecule has 2 aromatic rings. The molecule has 0 bridgehead atoms. The summed E-state index contributed by atoms with van der Waals surface area (Å²) in [5.41, 5.74) is 0.948. The van der Waals surface area contributed by atoms with Crippen molar-refractivity contribution in [1.82, 2.24) is 14.8 Å². The average Bonchev–Trinajstić information content (AvgIpc) is 2.98. The highest BCUT2D eigenvalue weighted by molar-refractivity contribution is 7.92. The lowest BCUT2D eigenvalue weighted by Crippen LogP contribution is -2.44. The summed E-state index contributed by atoms with van der Waals surface area (Å²) in [6.45, 7) is 3.43. The minimum Gasteiger partial charge on any atom is -0.354 e. The number of fused-ring (bicyclic) bond motifs is 1. The lowest BCUT2D eigenvalue weighted by molar-refractivity contribution is 0.0664. The van der Waals surface area contributed by atoms with Gasteiger partial charge in [0.1, 0.15) is 5.82 Å². The lowest BCUT2D eigenvalue weighted by atomic mass is 10.1. The molecule has 0 spiro atoms. The number of pyridine rings is 1. The van der Waals surface area contributed by atoms with Gasteiger partial charge in [0.2, 0.25) is 10.0 Å². The highest BCUT2D eigenvalue weighted by atomic mass is 32.2. The van der Waals surface area contributed by atoms with Gasteiger partial charge in [-0.3, -0.25) is 19.2 Å². The van der Waals surface area contributed by atoms with Crippen LogP contribution in [0.5, 0.6) is 0 Å². The number of nitrogens with one attached hydrogen (secondary N) is 1. The number of hydrogen-bond acceptors (Lipinski definition) is 7. The predicted octanol–water partition coefficient (Wildman–Crippen LogP) is 0.871. The Balaban J connectivity index is 1.36. The Hall–Kier alpha value is -2.98. The summed E-state index contributed by atoms with van der Waals surface area (Å²) in [6, 6.07) is 9.93. The Kier molecular flexibility index (Phi) is 5.44. The summed E-state index contributed by atoms with van der Waals surface area (Å²) in [5, 5.41) is 0. The van der Waals surface area contributed by atoms with E-state index in [1.807, 2.05) is 0 Å². The Labute approximate surface area is 175 Å². The second-order valence-corrected chi connectivity index (χ2v) is 9.27. The molecule has 1 aromatic heterocycles. The zero-order valence-corrected chi connectivity index (χ0v) is 17.4. The van der Waals surface area contributed by atoms with Gasteiger partial charge < -0.3 is 9.80 Å². The molecular weight excluding hydrogens is 406 g/mol. The van der Waals surface area contributed by atoms with Crippen LogP contribution in [0, 0.1) is 0 Å². The highest BCUT2D eigenvalue weighted by Crippen LogP contribution is 2.22. The number of sulfonamides is 1. The zero-order chi connectivity index (χ0) is 21.3. The summed E-state index contributed by atoms with van der Waals surface area (Å²) >= 11 is 0. The van der Waals surface area contributed by atoms with E-state index >= 15 is 0 Å². The van der Waals surface area contributed by atoms with E-state index in [4.69, 9.17) is 0 Å². The van der Waals surface area contributed by atoms with E-state index in [1.54, 1.807) is 36.4 Å². The smallest absolute Gasteiger partial charge is 0.261 e. The van der Waals surface area contributed by atoms with Gasteiger partial charge in [0.05, 0.1) is 28.8 Å². The van der Waals surface area contributed by atoms with Crippen molar-refractivity contribution in [1.29, 1.82) is 0 Å². The molecule has 4 rings (SSSR count). The van der Waals surface area contributed by atoms with Crippen LogP contribution in [0.1, 0.15) is 20.7 Å². The van der Waals surface area contributed by atoms with Gasteiger partial charge in [0.15, 0.2) is 0 Å². The zero-order valence-electron chi connectivity index (χ0n) is 16.6. The van der Waals surface area contributed by atoms with Gasteiger partial charge in [0.25, 0.3) is 11.8 Å². The normalized spacial score (nSPS) is 17.4. The third-order valence-electron chi connectivity index (χ3n) is 5.31. The molecule has 158 valence electrons. The van der Waals surface area contributed by atoms with Crippen LogP contribution in [-0.4, -0.2) is 80.5 Å². The first-order valence-electron chi connectivity index (χ1n) is 9.69. The van der Waals surface area contributed by atoms with Crippen molar-refractivity contribution in [2.24, 2.45) is 0 Å². The molecule has 0 aliphatic carbocycles. The van der Waals surface area contributed by atoms with Gasteiger partial charge in [-0.25, -0.2) is 13.4 Å². The van der Waals surface area contributed by atoms with Crippen molar-refractivity contribution in [3.8, 4) is 0 Å². The van der Waals surface area contributed by atoms with E-state index in [-0.39, 0.29) is 6.54 Å². The maximum absolute atomic E-state index is 12.5. The molecule has 2 aliphatic heterocycles. The van der Waals surface area contributed by atoms with Gasteiger partial charge >= 0.3 is 0 Å². The van der Waals surface area contributed by atoms with Gasteiger partial charge in [-0.05, 0) is 31.3 Å². The molecule has 1 fully saturated rings. The van der Waals surface area contributed by atoms with E-state index in [0.717, 1.165) is 36.9 Å². The van der Waals surface area contributed by atoms with E-state index in [9.17, 15) is 18.0 Å². The fourth-order valence-corrected chi connectivity index (χ4v) is 4.56. The van der Waals surface area contributed by atoms with Crippen LogP contribution in [0.15, 0.2) is 42.6 Å². The molecule has 1 N–H and O–H groups in total. The molecule has 10 heteroatoms. The highest BCUT2D eigenvalue weighted by Gasteiger charge is 2.35. The monoisotopic (exact) mass is 429 g/mol. The average molecular weight is 430 g/mol. The number of benzene rings is 1. The number of imide groups is 1. The molecule has 3 heterocycles. The number of carbonyl (C=O) groups excluding carboxylic acids is 2. The molecule has 1 saturated heterocycles. The molecule has 0 atom stereocenters. The van der Waals surface area contributed by atoms with Gasteiger partial charge in [0, 0.05) is 32.7 Å². The molecule has 0 saturated carbocycles. The van der Waals surface area contributed by atoms with E-state index in [0.29, 0.717) is 16.8 Å². The number of amides is 2. The first kappa shape index (κ1) is 20.3. The van der Waals surface area contributed by atoms with Crippen LogP contribution in [0.3, 0.4) is 0 Å². The number of hydrogen-bond donors (Lipinski definition) is 1. The molecule has 2 amide bonds. The van der Waals surface area contributed by atoms with Gasteiger partial charge in [-0.2, -0.15) is 0 Å². The summed E-state index contributed by atoms with van der Waals surface area (Å²) in [5.74, 6) is -0.524. The SMILES string of the molecule is CN1CCN(c2ccc(NS(=O)(=O)CCN3C(=O)c4ccccc4C3=O)cn2)CC1. The minimum atomic E-state index is -3.76. The van der Waals surface area contributed by atoms with Gasteiger partial charge in [-0.1, -0.05) is 12.1 Å². The van der Waals surface area contributed by atoms with Crippen LogP contribution in [0.2, 0.25) is 0 Å². The number of aromatic nitrogens is 1. The van der Waals surface area contributed by atoms with Crippen molar-refractivity contribution in [2.45, 2.75) is 0 Å². The quantitative estimate of drug-likeness (QED) is 0.680. The first-order valence-corrected chi connectivity index (χ1v) is 11.3. The van der Waals surface area contributed by atoms with Crippen LogP contribution in [-0.2, 0) is 10.0 Å². The second kappa shape index (κ2) is 8.04. The third-order valence-corrected chi connectivity index (χ3v) is 6.58. The number of piperazine rings is 1. The Morgan fingerprint density at radius 2 is 1.60 bits per heavy atom. The molecule has 0 unspecified atom stereocenters. The van der Waals surface area contributed by atoms with Crippen LogP contribution in [0.4, 0.5) is 11.5 Å². The number of anilines is 2.